The van der Waals surface area contributed by atoms with E-state index < -0.39 is 5.97 Å². The zero-order valence-electron chi connectivity index (χ0n) is 21.9. The predicted molar refractivity (Wildman–Crippen MR) is 154 cm³/mol. The zero-order valence-corrected chi connectivity index (χ0v) is 22.7. The maximum absolute atomic E-state index is 13.7. The first kappa shape index (κ1) is 26.7. The van der Waals surface area contributed by atoms with Crippen molar-refractivity contribution in [3.05, 3.63) is 65.8 Å². The monoisotopic (exact) mass is 541 g/mol. The van der Waals surface area contributed by atoms with Gasteiger partial charge in [0.15, 0.2) is 0 Å². The minimum absolute atomic E-state index is 0.0563. The van der Waals surface area contributed by atoms with E-state index in [0.29, 0.717) is 38.3 Å². The average molecular weight is 542 g/mol. The lowest BCUT2D eigenvalue weighted by Crippen LogP contribution is -2.40. The highest BCUT2D eigenvalue weighted by Gasteiger charge is 2.32. The fraction of sp³-hybridized carbons (Fsp3) is 0.323. The molecule has 0 bridgehead atoms. The van der Waals surface area contributed by atoms with Crippen molar-refractivity contribution in [1.82, 2.24) is 9.38 Å². The van der Waals surface area contributed by atoms with Crippen molar-refractivity contribution < 1.29 is 19.4 Å². The largest absolute Gasteiger partial charge is 0.477 e. The number of aromatic nitrogens is 2. The fourth-order valence-electron chi connectivity index (χ4n) is 5.13. The Balaban J connectivity index is 1.44. The number of amides is 1. The Morgan fingerprint density at radius 3 is 2.56 bits per heavy atom. The molecule has 1 aliphatic carbocycles. The molecule has 0 radical (unpaired) electrons. The summed E-state index contributed by atoms with van der Waals surface area (Å²) in [5, 5.41) is 10.1. The molecule has 0 saturated heterocycles. The predicted octanol–water partition coefficient (Wildman–Crippen LogP) is 6.24. The molecule has 1 aromatic carbocycles. The van der Waals surface area contributed by atoms with Crippen LogP contribution in [0.1, 0.15) is 42.3 Å². The van der Waals surface area contributed by atoms with Crippen molar-refractivity contribution in [1.29, 1.82) is 0 Å². The summed E-state index contributed by atoms with van der Waals surface area (Å²) in [7, 11) is 0. The number of hydrogen-bond acceptors (Lipinski definition) is 5. The molecule has 8 heteroatoms. The van der Waals surface area contributed by atoms with Crippen LogP contribution in [0.5, 0.6) is 0 Å². The maximum Gasteiger partial charge on any atom is 0.348 e. The van der Waals surface area contributed by atoms with Crippen molar-refractivity contribution in [2.24, 2.45) is 11.8 Å². The zero-order chi connectivity index (χ0) is 27.4. The molecule has 4 aromatic rings. The Kier molecular flexibility index (Phi) is 8.10. The number of aromatic carboxylic acids is 1. The van der Waals surface area contributed by atoms with E-state index in [4.69, 9.17) is 11.2 Å². The lowest BCUT2D eigenvalue weighted by Gasteiger charge is -2.30. The average Bonchev–Trinajstić information content (AvgIpc) is 3.61. The minimum atomic E-state index is -1.05. The van der Waals surface area contributed by atoms with Crippen LogP contribution in [-0.2, 0) is 9.53 Å². The van der Waals surface area contributed by atoms with Crippen LogP contribution in [-0.4, -0.2) is 46.1 Å². The molecular formula is C31H31N3O4S. The molecule has 0 atom stereocenters. The third kappa shape index (κ3) is 5.75. The Morgan fingerprint density at radius 1 is 1.15 bits per heavy atom. The van der Waals surface area contributed by atoms with E-state index in [9.17, 15) is 14.7 Å². The van der Waals surface area contributed by atoms with Gasteiger partial charge in [-0.15, -0.1) is 23.7 Å². The number of nitrogens with zero attached hydrogens (tertiary/aromatic N) is 3. The smallest absolute Gasteiger partial charge is 0.348 e. The first-order valence-corrected chi connectivity index (χ1v) is 14.1. The van der Waals surface area contributed by atoms with Crippen molar-refractivity contribution in [2.75, 3.05) is 24.7 Å². The number of carboxylic acid groups (broad SMARTS) is 1. The van der Waals surface area contributed by atoms with Crippen LogP contribution < -0.4 is 4.90 Å². The molecule has 0 spiro atoms. The summed E-state index contributed by atoms with van der Waals surface area (Å²) in [6.07, 6.45) is 12.6. The lowest BCUT2D eigenvalue weighted by atomic mass is 9.81. The van der Waals surface area contributed by atoms with Crippen LogP contribution in [0.2, 0.25) is 0 Å². The molecule has 1 saturated carbocycles. The van der Waals surface area contributed by atoms with E-state index in [-0.39, 0.29) is 22.6 Å². The highest BCUT2D eigenvalue weighted by Crippen LogP contribution is 2.39. The van der Waals surface area contributed by atoms with Crippen LogP contribution in [0, 0.1) is 24.2 Å². The van der Waals surface area contributed by atoms with Crippen LogP contribution in [0.3, 0.4) is 0 Å². The summed E-state index contributed by atoms with van der Waals surface area (Å²) in [4.78, 5) is 33.3. The number of thiophene rings is 1. The molecule has 5 rings (SSSR count). The summed E-state index contributed by atoms with van der Waals surface area (Å²) < 4.78 is 7.53. The summed E-state index contributed by atoms with van der Waals surface area (Å²) in [6.45, 7) is 3.05. The Bertz CT molecular complexity index is 1470. The van der Waals surface area contributed by atoms with E-state index in [1.54, 1.807) is 4.90 Å². The SMILES string of the molecule is C#CC1CCC(C(=O)N(CCOCC)c2cc(-c3ccc(-c4cn5ccccc5n4)cc3)sc2C(=O)O)CC1. The van der Waals surface area contributed by atoms with E-state index in [0.717, 1.165) is 40.2 Å². The lowest BCUT2D eigenvalue weighted by molar-refractivity contribution is -0.123. The number of imidazole rings is 1. The van der Waals surface area contributed by atoms with E-state index >= 15 is 0 Å². The molecule has 39 heavy (non-hydrogen) atoms. The van der Waals surface area contributed by atoms with E-state index in [2.05, 4.69) is 10.9 Å². The second-order valence-electron chi connectivity index (χ2n) is 9.70. The molecule has 1 N–H and O–H groups in total. The van der Waals surface area contributed by atoms with Gasteiger partial charge < -0.3 is 19.1 Å². The molecule has 200 valence electrons. The number of carboxylic acids is 1. The van der Waals surface area contributed by atoms with E-state index in [1.165, 1.54) is 11.3 Å². The molecule has 1 aliphatic rings. The van der Waals surface area contributed by atoms with Gasteiger partial charge in [0.1, 0.15) is 10.5 Å². The van der Waals surface area contributed by atoms with Crippen LogP contribution in [0.25, 0.3) is 27.3 Å². The fourth-order valence-corrected chi connectivity index (χ4v) is 6.14. The Hall–Kier alpha value is -3.93. The number of carbonyl (C=O) groups is 2. The third-order valence-corrected chi connectivity index (χ3v) is 8.43. The first-order valence-electron chi connectivity index (χ1n) is 13.3. The molecule has 3 aromatic heterocycles. The first-order chi connectivity index (χ1) is 19.0. The number of ether oxygens (including phenoxy) is 1. The summed E-state index contributed by atoms with van der Waals surface area (Å²) in [5.74, 6) is 1.73. The summed E-state index contributed by atoms with van der Waals surface area (Å²) >= 11 is 1.18. The molecule has 3 heterocycles. The molecule has 0 aliphatic heterocycles. The van der Waals surface area contributed by atoms with Crippen molar-refractivity contribution in [2.45, 2.75) is 32.6 Å². The quantitative estimate of drug-likeness (QED) is 0.200. The standard InChI is InChI=1S/C31H31N3O4S/c1-3-21-8-10-24(11-9-21)30(35)34(17-18-38-4-2)26-19-27(39-29(26)31(36)37)23-14-12-22(13-15-23)25-20-33-16-6-5-7-28(33)32-25/h1,5-7,12-16,19-21,24H,4,8-11,17-18H2,2H3,(H,36,37). The number of benzene rings is 1. The molecule has 1 fully saturated rings. The van der Waals surface area contributed by atoms with Crippen LogP contribution >= 0.6 is 11.3 Å². The van der Waals surface area contributed by atoms with E-state index in [1.807, 2.05) is 72.2 Å². The number of hydrogen-bond donors (Lipinski definition) is 1. The topological polar surface area (TPSA) is 84.1 Å². The molecule has 0 unspecified atom stereocenters. The van der Waals surface area contributed by atoms with Gasteiger partial charge in [0.05, 0.1) is 18.0 Å². The highest BCUT2D eigenvalue weighted by atomic mass is 32.1. The second kappa shape index (κ2) is 11.9. The van der Waals surface area contributed by atoms with Gasteiger partial charge in [0.2, 0.25) is 5.91 Å². The van der Waals surface area contributed by atoms with Gasteiger partial charge in [0.25, 0.3) is 0 Å². The number of anilines is 1. The normalized spacial score (nSPS) is 17.1. The highest BCUT2D eigenvalue weighted by molar-refractivity contribution is 7.18. The minimum Gasteiger partial charge on any atom is -0.477 e. The van der Waals surface area contributed by atoms with Gasteiger partial charge in [-0.2, -0.15) is 0 Å². The van der Waals surface area contributed by atoms with Crippen molar-refractivity contribution in [3.8, 4) is 34.0 Å². The number of fused-ring (bicyclic) bond motifs is 1. The van der Waals surface area contributed by atoms with Gasteiger partial charge in [-0.3, -0.25) is 4.79 Å². The Morgan fingerprint density at radius 2 is 1.90 bits per heavy atom. The molecule has 1 amide bonds. The van der Waals surface area contributed by atoms with Crippen molar-refractivity contribution >= 4 is 34.5 Å². The number of pyridine rings is 1. The van der Waals surface area contributed by atoms with Gasteiger partial charge in [-0.05, 0) is 56.4 Å². The van der Waals surface area contributed by atoms with Gasteiger partial charge in [-0.25, -0.2) is 9.78 Å². The molecular weight excluding hydrogens is 510 g/mol. The number of carbonyl (C=O) groups excluding carboxylic acids is 1. The Labute approximate surface area is 232 Å². The van der Waals surface area contributed by atoms with Gasteiger partial charge in [-0.1, -0.05) is 30.3 Å². The third-order valence-electron chi connectivity index (χ3n) is 7.27. The maximum atomic E-state index is 13.7. The van der Waals surface area contributed by atoms with Gasteiger partial charge >= 0.3 is 5.97 Å². The summed E-state index contributed by atoms with van der Waals surface area (Å²) in [5.41, 5.74) is 4.01. The number of rotatable bonds is 9. The van der Waals surface area contributed by atoms with Crippen LogP contribution in [0.4, 0.5) is 5.69 Å². The number of terminal acetylenes is 1. The molecule has 7 nitrogen and oxygen atoms in total. The van der Waals surface area contributed by atoms with Gasteiger partial charge in [0, 0.05) is 47.8 Å². The summed E-state index contributed by atoms with van der Waals surface area (Å²) in [6, 6.07) is 15.6. The van der Waals surface area contributed by atoms with Crippen molar-refractivity contribution in [3.63, 3.8) is 0 Å². The van der Waals surface area contributed by atoms with Crippen LogP contribution in [0.15, 0.2) is 60.9 Å². The second-order valence-corrected chi connectivity index (χ2v) is 10.8.